The number of Topliss-reactive ketones (excluding diaryl/α,β-unsaturated/α-hetero) is 1. The molecule has 14 heavy (non-hydrogen) atoms. The molecule has 2 unspecified atom stereocenters. The van der Waals surface area contributed by atoms with Crippen molar-refractivity contribution in [3.8, 4) is 0 Å². The maximum absolute atomic E-state index is 12.1. The van der Waals surface area contributed by atoms with Crippen LogP contribution < -0.4 is 5.32 Å². The number of rotatable bonds is 2. The van der Waals surface area contributed by atoms with Gasteiger partial charge >= 0.3 is 0 Å². The molecule has 2 heterocycles. The number of nitrogens with zero attached hydrogens (tertiary/aromatic N) is 1. The molecule has 2 aliphatic rings. The number of hydrogen-bond acceptors (Lipinski definition) is 3. The second-order valence-corrected chi connectivity index (χ2v) is 4.65. The Morgan fingerprint density at radius 3 is 2.79 bits per heavy atom. The Morgan fingerprint density at radius 1 is 1.36 bits per heavy atom. The van der Waals surface area contributed by atoms with E-state index in [0.29, 0.717) is 11.7 Å². The molecule has 80 valence electrons. The molecule has 2 rings (SSSR count). The Bertz CT molecular complexity index is 205. The summed E-state index contributed by atoms with van der Waals surface area (Å²) >= 11 is 0. The zero-order chi connectivity index (χ0) is 9.97. The molecule has 0 aromatic heterocycles. The molecule has 0 aliphatic carbocycles. The van der Waals surface area contributed by atoms with Crippen molar-refractivity contribution in [2.24, 2.45) is 5.92 Å². The fourth-order valence-corrected chi connectivity index (χ4v) is 2.55. The maximum atomic E-state index is 12.1. The fourth-order valence-electron chi connectivity index (χ4n) is 2.55. The molecule has 3 heteroatoms. The van der Waals surface area contributed by atoms with E-state index in [0.717, 1.165) is 32.5 Å². The van der Waals surface area contributed by atoms with Crippen molar-refractivity contribution in [1.29, 1.82) is 0 Å². The second kappa shape index (κ2) is 4.41. The summed E-state index contributed by atoms with van der Waals surface area (Å²) < 4.78 is 0. The Hall–Kier alpha value is -0.410. The molecule has 0 spiro atoms. The van der Waals surface area contributed by atoms with Crippen molar-refractivity contribution in [2.45, 2.75) is 31.7 Å². The summed E-state index contributed by atoms with van der Waals surface area (Å²) in [6.07, 6.45) is 4.56. The number of carbonyl (C=O) groups excluding carboxylic acids is 1. The van der Waals surface area contributed by atoms with Crippen LogP contribution in [0.4, 0.5) is 0 Å². The van der Waals surface area contributed by atoms with E-state index < -0.39 is 0 Å². The zero-order valence-electron chi connectivity index (χ0n) is 8.96. The first-order valence-electron chi connectivity index (χ1n) is 5.73. The summed E-state index contributed by atoms with van der Waals surface area (Å²) in [5.74, 6) is 0.768. The van der Waals surface area contributed by atoms with Gasteiger partial charge < -0.3 is 10.2 Å². The standard InChI is InChI=1S/C11H20N2O/c1-13-7-5-9(8-13)11(14)10-4-2-3-6-12-10/h9-10,12H,2-8H2,1H3. The van der Waals surface area contributed by atoms with Crippen molar-refractivity contribution in [1.82, 2.24) is 10.2 Å². The van der Waals surface area contributed by atoms with Crippen LogP contribution in [0.1, 0.15) is 25.7 Å². The Morgan fingerprint density at radius 2 is 2.21 bits per heavy atom. The number of nitrogens with one attached hydrogen (secondary N) is 1. The molecular weight excluding hydrogens is 176 g/mol. The van der Waals surface area contributed by atoms with Crippen LogP contribution in [0.2, 0.25) is 0 Å². The minimum atomic E-state index is 0.167. The van der Waals surface area contributed by atoms with Crippen LogP contribution in [0.25, 0.3) is 0 Å². The lowest BCUT2D eigenvalue weighted by Gasteiger charge is -2.24. The molecule has 2 saturated heterocycles. The number of hydrogen-bond donors (Lipinski definition) is 1. The van der Waals surface area contributed by atoms with E-state index in [1.807, 2.05) is 0 Å². The minimum Gasteiger partial charge on any atom is -0.307 e. The van der Waals surface area contributed by atoms with Crippen molar-refractivity contribution < 1.29 is 4.79 Å². The van der Waals surface area contributed by atoms with Gasteiger partial charge in [0.2, 0.25) is 0 Å². The van der Waals surface area contributed by atoms with Gasteiger partial charge in [0, 0.05) is 12.5 Å². The monoisotopic (exact) mass is 196 g/mol. The van der Waals surface area contributed by atoms with E-state index in [4.69, 9.17) is 0 Å². The van der Waals surface area contributed by atoms with Crippen molar-refractivity contribution >= 4 is 5.78 Å². The van der Waals surface area contributed by atoms with Gasteiger partial charge in [0.15, 0.2) is 5.78 Å². The zero-order valence-corrected chi connectivity index (χ0v) is 8.96. The quantitative estimate of drug-likeness (QED) is 0.704. The molecule has 3 nitrogen and oxygen atoms in total. The third-order valence-electron chi connectivity index (χ3n) is 3.45. The Kier molecular flexibility index (Phi) is 3.19. The molecule has 0 bridgehead atoms. The van der Waals surface area contributed by atoms with E-state index in [1.54, 1.807) is 0 Å². The first kappa shape index (κ1) is 10.1. The van der Waals surface area contributed by atoms with E-state index in [-0.39, 0.29) is 6.04 Å². The average Bonchev–Trinajstić information content (AvgIpc) is 2.65. The SMILES string of the molecule is CN1CCC(C(=O)C2CCCCN2)C1. The first-order chi connectivity index (χ1) is 6.77. The van der Waals surface area contributed by atoms with Crippen LogP contribution >= 0.6 is 0 Å². The second-order valence-electron chi connectivity index (χ2n) is 4.65. The van der Waals surface area contributed by atoms with Crippen molar-refractivity contribution in [3.05, 3.63) is 0 Å². The molecule has 0 amide bonds. The van der Waals surface area contributed by atoms with Gasteiger partial charge in [-0.3, -0.25) is 4.79 Å². The molecule has 0 saturated carbocycles. The van der Waals surface area contributed by atoms with E-state index in [2.05, 4.69) is 17.3 Å². The van der Waals surface area contributed by atoms with Gasteiger partial charge in [-0.05, 0) is 39.4 Å². The highest BCUT2D eigenvalue weighted by atomic mass is 16.1. The van der Waals surface area contributed by atoms with Gasteiger partial charge in [0.25, 0.3) is 0 Å². The summed E-state index contributed by atoms with van der Waals surface area (Å²) in [6.45, 7) is 3.08. The highest BCUT2D eigenvalue weighted by Crippen LogP contribution is 2.20. The van der Waals surface area contributed by atoms with Crippen molar-refractivity contribution in [2.75, 3.05) is 26.7 Å². The minimum absolute atomic E-state index is 0.167. The van der Waals surface area contributed by atoms with Gasteiger partial charge in [0.05, 0.1) is 6.04 Å². The van der Waals surface area contributed by atoms with Crippen molar-refractivity contribution in [3.63, 3.8) is 0 Å². The molecule has 0 aromatic rings. The van der Waals surface area contributed by atoms with Gasteiger partial charge in [-0.1, -0.05) is 6.42 Å². The summed E-state index contributed by atoms with van der Waals surface area (Å²) in [6, 6.07) is 0.167. The summed E-state index contributed by atoms with van der Waals surface area (Å²) in [5, 5.41) is 3.34. The van der Waals surface area contributed by atoms with Gasteiger partial charge in [0.1, 0.15) is 0 Å². The number of piperidine rings is 1. The normalized spacial score (nSPS) is 34.6. The Labute approximate surface area is 85.8 Å². The molecule has 2 atom stereocenters. The first-order valence-corrected chi connectivity index (χ1v) is 5.73. The average molecular weight is 196 g/mol. The van der Waals surface area contributed by atoms with Crippen LogP contribution in [0.5, 0.6) is 0 Å². The highest BCUT2D eigenvalue weighted by molar-refractivity contribution is 5.86. The molecule has 2 fully saturated rings. The smallest absolute Gasteiger partial charge is 0.154 e. The fraction of sp³-hybridized carbons (Fsp3) is 0.909. The molecule has 1 N–H and O–H groups in total. The van der Waals surface area contributed by atoms with Gasteiger partial charge in [-0.25, -0.2) is 0 Å². The number of ketones is 1. The number of likely N-dealkylation sites (tertiary alicyclic amines) is 1. The third-order valence-corrected chi connectivity index (χ3v) is 3.45. The highest BCUT2D eigenvalue weighted by Gasteiger charge is 2.31. The third kappa shape index (κ3) is 2.15. The number of carbonyl (C=O) groups is 1. The largest absolute Gasteiger partial charge is 0.307 e. The van der Waals surface area contributed by atoms with Crippen LogP contribution in [-0.4, -0.2) is 43.4 Å². The maximum Gasteiger partial charge on any atom is 0.154 e. The summed E-state index contributed by atoms with van der Waals surface area (Å²) in [5.41, 5.74) is 0. The molecule has 2 aliphatic heterocycles. The molecule has 0 radical (unpaired) electrons. The van der Waals surface area contributed by atoms with E-state index in [9.17, 15) is 4.79 Å². The van der Waals surface area contributed by atoms with Crippen LogP contribution in [0.15, 0.2) is 0 Å². The topological polar surface area (TPSA) is 32.3 Å². The van der Waals surface area contributed by atoms with Gasteiger partial charge in [-0.2, -0.15) is 0 Å². The lowest BCUT2D eigenvalue weighted by atomic mass is 9.92. The Balaban J connectivity index is 1.87. The van der Waals surface area contributed by atoms with Gasteiger partial charge in [-0.15, -0.1) is 0 Å². The molecular formula is C11H20N2O. The summed E-state index contributed by atoms with van der Waals surface area (Å²) in [7, 11) is 2.10. The molecule has 0 aromatic carbocycles. The predicted molar refractivity (Wildman–Crippen MR) is 56.3 cm³/mol. The van der Waals surface area contributed by atoms with Crippen LogP contribution in [0.3, 0.4) is 0 Å². The predicted octanol–water partition coefficient (Wildman–Crippen LogP) is 0.649. The summed E-state index contributed by atoms with van der Waals surface area (Å²) in [4.78, 5) is 14.3. The van der Waals surface area contributed by atoms with Crippen LogP contribution in [-0.2, 0) is 4.79 Å². The van der Waals surface area contributed by atoms with E-state index >= 15 is 0 Å². The lowest BCUT2D eigenvalue weighted by molar-refractivity contribution is -0.125. The van der Waals surface area contributed by atoms with Crippen LogP contribution in [0, 0.1) is 5.92 Å². The van der Waals surface area contributed by atoms with E-state index in [1.165, 1.54) is 12.8 Å². The lowest BCUT2D eigenvalue weighted by Crippen LogP contribution is -2.43.